The van der Waals surface area contributed by atoms with Crippen LogP contribution < -0.4 is 40.4 Å². The van der Waals surface area contributed by atoms with E-state index in [-0.39, 0.29) is 29.6 Å². The van der Waals surface area contributed by atoms with Gasteiger partial charge in [0, 0.05) is 5.69 Å². The van der Waals surface area contributed by atoms with Crippen molar-refractivity contribution in [2.75, 3.05) is 5.73 Å². The van der Waals surface area contributed by atoms with Crippen molar-refractivity contribution in [2.24, 2.45) is 0 Å². The topological polar surface area (TPSA) is 103 Å². The van der Waals surface area contributed by atoms with Gasteiger partial charge < -0.3 is 10.8 Å². The standard InChI is InChI=1S/C6H7NO4S.Na/c7-6-4(8)2-1-3-5(6)12(9,10)11;/h1-3,8H,7H2,(H,9,10,11);/q;+1/p-1. The Morgan fingerprint density at radius 2 is 1.92 bits per heavy atom. The van der Waals surface area contributed by atoms with Crippen LogP contribution in [0.15, 0.2) is 23.1 Å². The zero-order valence-electron chi connectivity index (χ0n) is 6.89. The molecule has 0 saturated carbocycles. The molecular formula is C6H6NNaO4S. The van der Waals surface area contributed by atoms with Crippen molar-refractivity contribution in [3.05, 3.63) is 18.2 Å². The summed E-state index contributed by atoms with van der Waals surface area (Å²) in [5, 5.41) is 10.8. The molecule has 66 valence electrons. The molecule has 7 heteroatoms. The molecule has 3 N–H and O–H groups in total. The second-order valence-electron chi connectivity index (χ2n) is 2.14. The van der Waals surface area contributed by atoms with E-state index >= 15 is 0 Å². The number of nitrogen functional groups attached to an aromatic ring is 1. The number of benzene rings is 1. The molecular weight excluding hydrogens is 205 g/mol. The van der Waals surface area contributed by atoms with Gasteiger partial charge in [0.2, 0.25) is 0 Å². The minimum Gasteiger partial charge on any atom is -0.871 e. The Morgan fingerprint density at radius 1 is 1.38 bits per heavy atom. The molecule has 0 unspecified atom stereocenters. The second kappa shape index (κ2) is 4.30. The average molecular weight is 211 g/mol. The number of rotatable bonds is 1. The van der Waals surface area contributed by atoms with Crippen LogP contribution in [0.1, 0.15) is 0 Å². The number of hydrogen-bond donors (Lipinski definition) is 2. The van der Waals surface area contributed by atoms with Crippen LogP contribution in [0, 0.1) is 0 Å². The molecule has 1 aromatic carbocycles. The molecule has 0 aliphatic carbocycles. The van der Waals surface area contributed by atoms with Gasteiger partial charge in [0.05, 0.1) is 0 Å². The van der Waals surface area contributed by atoms with Crippen LogP contribution in [-0.2, 0) is 10.1 Å². The molecule has 5 nitrogen and oxygen atoms in total. The Bertz CT molecular complexity index is 403. The van der Waals surface area contributed by atoms with Crippen molar-refractivity contribution >= 4 is 15.8 Å². The molecule has 0 heterocycles. The summed E-state index contributed by atoms with van der Waals surface area (Å²) < 4.78 is 29.6. The second-order valence-corrected chi connectivity index (χ2v) is 3.53. The molecule has 0 spiro atoms. The van der Waals surface area contributed by atoms with Gasteiger partial charge in [-0.1, -0.05) is 17.9 Å². The summed E-state index contributed by atoms with van der Waals surface area (Å²) in [5.74, 6) is -0.620. The Labute approximate surface area is 97.6 Å². The summed E-state index contributed by atoms with van der Waals surface area (Å²) in [6, 6.07) is 3.39. The molecule has 0 radical (unpaired) electrons. The van der Waals surface area contributed by atoms with E-state index in [1.54, 1.807) is 0 Å². The summed E-state index contributed by atoms with van der Waals surface area (Å²) in [6.45, 7) is 0. The maximum atomic E-state index is 10.8. The first-order valence-electron chi connectivity index (χ1n) is 2.96. The third-order valence-electron chi connectivity index (χ3n) is 1.30. The summed E-state index contributed by atoms with van der Waals surface area (Å²) in [4.78, 5) is -0.546. The number of anilines is 1. The van der Waals surface area contributed by atoms with Gasteiger partial charge >= 0.3 is 29.6 Å². The van der Waals surface area contributed by atoms with Crippen LogP contribution >= 0.6 is 0 Å². The minimum atomic E-state index is -4.38. The summed E-state index contributed by atoms with van der Waals surface area (Å²) in [6.07, 6.45) is 0. The van der Waals surface area contributed by atoms with Crippen LogP contribution in [0.2, 0.25) is 0 Å². The molecule has 0 bridgehead atoms. The fourth-order valence-electron chi connectivity index (χ4n) is 0.749. The molecule has 0 aliphatic heterocycles. The third kappa shape index (κ3) is 2.85. The van der Waals surface area contributed by atoms with Gasteiger partial charge in [0.25, 0.3) is 10.1 Å². The van der Waals surface area contributed by atoms with Crippen molar-refractivity contribution in [1.82, 2.24) is 0 Å². The molecule has 0 atom stereocenters. The predicted molar refractivity (Wildman–Crippen MR) is 40.1 cm³/mol. The number of nitrogens with two attached hydrogens (primary N) is 1. The van der Waals surface area contributed by atoms with E-state index in [0.29, 0.717) is 0 Å². The van der Waals surface area contributed by atoms with E-state index in [2.05, 4.69) is 0 Å². The van der Waals surface area contributed by atoms with Crippen molar-refractivity contribution in [1.29, 1.82) is 0 Å². The fraction of sp³-hybridized carbons (Fsp3) is 0. The maximum absolute atomic E-state index is 10.8. The fourth-order valence-corrected chi connectivity index (χ4v) is 1.38. The van der Waals surface area contributed by atoms with Gasteiger partial charge in [-0.2, -0.15) is 8.42 Å². The molecule has 0 saturated heterocycles. The Kier molecular flexibility index (Phi) is 4.21. The summed E-state index contributed by atoms with van der Waals surface area (Å²) in [5.41, 5.74) is 4.66. The zero-order valence-corrected chi connectivity index (χ0v) is 9.71. The normalized spacial score (nSPS) is 10.5. The SMILES string of the molecule is Nc1c([O-])cccc1S(=O)(=O)O.[Na+]. The van der Waals surface area contributed by atoms with Crippen LogP contribution in [0.4, 0.5) is 5.69 Å². The van der Waals surface area contributed by atoms with Crippen molar-refractivity contribution in [3.63, 3.8) is 0 Å². The van der Waals surface area contributed by atoms with E-state index in [1.165, 1.54) is 6.07 Å². The first-order valence-corrected chi connectivity index (χ1v) is 4.40. The monoisotopic (exact) mass is 211 g/mol. The van der Waals surface area contributed by atoms with Gasteiger partial charge in [0.1, 0.15) is 4.90 Å². The van der Waals surface area contributed by atoms with Gasteiger partial charge in [-0.15, -0.1) is 0 Å². The average Bonchev–Trinajstić information content (AvgIpc) is 1.92. The predicted octanol–water partition coefficient (Wildman–Crippen LogP) is -3.41. The van der Waals surface area contributed by atoms with Crippen LogP contribution in [0.3, 0.4) is 0 Å². The van der Waals surface area contributed by atoms with Gasteiger partial charge in [-0.25, -0.2) is 0 Å². The van der Waals surface area contributed by atoms with E-state index in [1.807, 2.05) is 0 Å². The van der Waals surface area contributed by atoms with E-state index in [9.17, 15) is 13.5 Å². The third-order valence-corrected chi connectivity index (χ3v) is 2.22. The van der Waals surface area contributed by atoms with Gasteiger partial charge in [0.15, 0.2) is 0 Å². The molecule has 0 amide bonds. The summed E-state index contributed by atoms with van der Waals surface area (Å²) >= 11 is 0. The van der Waals surface area contributed by atoms with E-state index in [4.69, 9.17) is 10.3 Å². The molecule has 0 aliphatic rings. The number of para-hydroxylation sites is 1. The summed E-state index contributed by atoms with van der Waals surface area (Å²) in [7, 11) is -4.38. The van der Waals surface area contributed by atoms with Crippen molar-refractivity contribution in [3.8, 4) is 5.75 Å². The smallest absolute Gasteiger partial charge is 0.871 e. The first-order chi connectivity index (χ1) is 5.43. The van der Waals surface area contributed by atoms with E-state index < -0.39 is 26.5 Å². The van der Waals surface area contributed by atoms with Crippen LogP contribution in [0.25, 0.3) is 0 Å². The van der Waals surface area contributed by atoms with Crippen LogP contribution in [0.5, 0.6) is 5.75 Å². The van der Waals surface area contributed by atoms with Gasteiger partial charge in [-0.3, -0.25) is 4.55 Å². The van der Waals surface area contributed by atoms with Crippen LogP contribution in [-0.4, -0.2) is 13.0 Å². The first kappa shape index (κ1) is 12.7. The Balaban J connectivity index is 0.00000144. The Morgan fingerprint density at radius 3 is 2.31 bits per heavy atom. The number of hydrogen-bond acceptors (Lipinski definition) is 4. The van der Waals surface area contributed by atoms with Crippen molar-refractivity contribution in [2.45, 2.75) is 4.90 Å². The minimum absolute atomic E-state index is 0. The molecule has 0 aromatic heterocycles. The molecule has 1 aromatic rings. The maximum Gasteiger partial charge on any atom is 1.00 e. The largest absolute Gasteiger partial charge is 1.00 e. The quantitative estimate of drug-likeness (QED) is 0.286. The molecule has 0 fully saturated rings. The van der Waals surface area contributed by atoms with Gasteiger partial charge in [-0.05, 0) is 6.07 Å². The zero-order chi connectivity index (χ0) is 9.35. The molecule has 1 rings (SSSR count). The Hall–Kier alpha value is -0.270. The molecule has 13 heavy (non-hydrogen) atoms. The van der Waals surface area contributed by atoms with E-state index in [0.717, 1.165) is 12.1 Å². The van der Waals surface area contributed by atoms with Crippen molar-refractivity contribution < 1.29 is 47.6 Å².